The van der Waals surface area contributed by atoms with Gasteiger partial charge in [-0.1, -0.05) is 5.73 Å². The molecule has 45 heavy (non-hydrogen) atoms. The number of aromatic nitrogens is 1. The normalized spacial score (nSPS) is 19.4. The molecule has 3 fully saturated rings. The van der Waals surface area contributed by atoms with E-state index >= 15 is 0 Å². The van der Waals surface area contributed by atoms with Gasteiger partial charge in [-0.15, -0.1) is 11.3 Å². The second-order valence-electron chi connectivity index (χ2n) is 11.7. The molecule has 0 unspecified atom stereocenters. The molecule has 230 valence electrons. The van der Waals surface area contributed by atoms with Crippen LogP contribution in [0.5, 0.6) is 5.75 Å². The van der Waals surface area contributed by atoms with E-state index in [1.807, 2.05) is 31.2 Å². The number of nitriles is 1. The maximum Gasteiger partial charge on any atom is 0.331 e. The third-order valence-electron chi connectivity index (χ3n) is 8.50. The lowest BCUT2D eigenvalue weighted by Gasteiger charge is -2.33. The third kappa shape index (κ3) is 5.78. The summed E-state index contributed by atoms with van der Waals surface area (Å²) in [6.45, 7) is 4.13. The highest BCUT2D eigenvalue weighted by atomic mass is 32.1. The number of carbonyl (C=O) groups excluding carboxylic acids is 3. The monoisotopic (exact) mass is 624 g/mol. The Kier molecular flexibility index (Phi) is 7.75. The molecule has 2 aromatic heterocycles. The van der Waals surface area contributed by atoms with Crippen LogP contribution in [-0.4, -0.2) is 66.2 Å². The zero-order valence-corrected chi connectivity index (χ0v) is 25.7. The van der Waals surface area contributed by atoms with E-state index in [4.69, 9.17) is 9.47 Å². The van der Waals surface area contributed by atoms with Gasteiger partial charge in [0.05, 0.1) is 35.7 Å². The van der Waals surface area contributed by atoms with Gasteiger partial charge in [-0.2, -0.15) is 5.26 Å². The molecule has 2 saturated heterocycles. The summed E-state index contributed by atoms with van der Waals surface area (Å²) >= 11 is 1.22. The van der Waals surface area contributed by atoms with E-state index < -0.39 is 0 Å². The quantitative estimate of drug-likeness (QED) is 0.215. The van der Waals surface area contributed by atoms with E-state index in [-0.39, 0.29) is 35.6 Å². The molecule has 3 aromatic rings. The Morgan fingerprint density at radius 3 is 2.76 bits per heavy atom. The number of nitrogens with one attached hydrogen (secondary N) is 2. The first kappa shape index (κ1) is 29.0. The molecule has 4 aliphatic rings. The van der Waals surface area contributed by atoms with Gasteiger partial charge in [-0.05, 0) is 68.0 Å². The second-order valence-corrected chi connectivity index (χ2v) is 12.7. The minimum Gasteiger partial charge on any atom is -0.490 e. The van der Waals surface area contributed by atoms with Crippen molar-refractivity contribution >= 4 is 56.5 Å². The predicted octanol–water partition coefficient (Wildman–Crippen LogP) is 5.34. The number of rotatable bonds is 6. The Morgan fingerprint density at radius 1 is 1.18 bits per heavy atom. The molecule has 11 nitrogen and oxygen atoms in total. The Bertz CT molecular complexity index is 1820. The van der Waals surface area contributed by atoms with Gasteiger partial charge in [-0.3, -0.25) is 14.5 Å². The molecule has 0 radical (unpaired) electrons. The largest absolute Gasteiger partial charge is 0.490 e. The Balaban J connectivity index is 1.12. The van der Waals surface area contributed by atoms with Crippen LogP contribution in [0.2, 0.25) is 0 Å². The van der Waals surface area contributed by atoms with Gasteiger partial charge in [0.2, 0.25) is 0 Å². The molecular formula is C33H32N6O5S. The maximum absolute atomic E-state index is 13.6. The van der Waals surface area contributed by atoms with Gasteiger partial charge in [-0.25, -0.2) is 9.78 Å². The number of likely N-dealkylation sites (tertiary alicyclic amines) is 1. The van der Waals surface area contributed by atoms with Crippen LogP contribution in [0.4, 0.5) is 21.9 Å². The first-order valence-electron chi connectivity index (χ1n) is 15.3. The van der Waals surface area contributed by atoms with Crippen LogP contribution in [-0.2, 0) is 9.53 Å². The fourth-order valence-corrected chi connectivity index (χ4v) is 7.13. The fourth-order valence-electron chi connectivity index (χ4n) is 6.10. The molecule has 5 heterocycles. The SMILES string of the molecule is Cc1cc(OC2CCOCC2)ccc1N1C(=O)Nc2c(C(=O)N[C@@H]3CCCN(C(=O)C(=C=C4CC4)C#N)C3)sc3nccc1c23. The van der Waals surface area contributed by atoms with Crippen molar-refractivity contribution in [3.8, 4) is 11.8 Å². The molecule has 1 aromatic carbocycles. The summed E-state index contributed by atoms with van der Waals surface area (Å²) in [6, 6.07) is 8.79. The van der Waals surface area contributed by atoms with Crippen LogP contribution in [0.3, 0.4) is 0 Å². The molecule has 2 N–H and O–H groups in total. The summed E-state index contributed by atoms with van der Waals surface area (Å²) in [6.07, 6.45) is 6.57. The number of urea groups is 1. The van der Waals surface area contributed by atoms with Crippen molar-refractivity contribution < 1.29 is 23.9 Å². The van der Waals surface area contributed by atoms with Gasteiger partial charge in [0.15, 0.2) is 5.57 Å². The number of amides is 4. The molecule has 3 aliphatic heterocycles. The van der Waals surface area contributed by atoms with E-state index in [0.717, 1.165) is 42.6 Å². The zero-order valence-electron chi connectivity index (χ0n) is 24.9. The van der Waals surface area contributed by atoms with E-state index in [9.17, 15) is 19.6 Å². The Labute approximate surface area is 264 Å². The molecule has 1 saturated carbocycles. The van der Waals surface area contributed by atoms with Crippen LogP contribution < -0.4 is 20.3 Å². The number of anilines is 3. The molecular weight excluding hydrogens is 592 g/mol. The average Bonchev–Trinajstić information content (AvgIpc) is 3.80. The predicted molar refractivity (Wildman–Crippen MR) is 169 cm³/mol. The molecule has 0 bridgehead atoms. The lowest BCUT2D eigenvalue weighted by Crippen LogP contribution is -2.49. The van der Waals surface area contributed by atoms with Gasteiger partial charge >= 0.3 is 6.03 Å². The summed E-state index contributed by atoms with van der Waals surface area (Å²) in [4.78, 5) is 49.0. The fraction of sp³-hybridized carbons (Fsp3) is 0.394. The summed E-state index contributed by atoms with van der Waals surface area (Å²) in [5.74, 6) is 0.0554. The van der Waals surface area contributed by atoms with Crippen LogP contribution >= 0.6 is 11.3 Å². The Morgan fingerprint density at radius 2 is 2.00 bits per heavy atom. The smallest absolute Gasteiger partial charge is 0.331 e. The first-order chi connectivity index (χ1) is 21.9. The third-order valence-corrected chi connectivity index (χ3v) is 9.60. The van der Waals surface area contributed by atoms with Crippen molar-refractivity contribution in [2.75, 3.05) is 36.5 Å². The number of nitrogens with zero attached hydrogens (tertiary/aromatic N) is 4. The van der Waals surface area contributed by atoms with Gasteiger partial charge in [0, 0.05) is 38.2 Å². The summed E-state index contributed by atoms with van der Waals surface area (Å²) in [7, 11) is 0. The van der Waals surface area contributed by atoms with Crippen molar-refractivity contribution in [2.24, 2.45) is 0 Å². The minimum atomic E-state index is -0.376. The van der Waals surface area contributed by atoms with E-state index in [1.165, 1.54) is 11.3 Å². The van der Waals surface area contributed by atoms with Crippen molar-refractivity contribution in [2.45, 2.75) is 57.6 Å². The van der Waals surface area contributed by atoms with Crippen molar-refractivity contribution in [3.63, 3.8) is 0 Å². The highest BCUT2D eigenvalue weighted by Gasteiger charge is 2.35. The number of ether oxygens (including phenoxy) is 2. The zero-order chi connectivity index (χ0) is 31.1. The standard InChI is InChI=1S/C33H32N6O5S/c1-19-15-24(44-23-9-13-43-14-10-23)6-7-25(19)39-26-8-11-35-31-27(26)28(37-33(39)42)29(45-31)30(40)36-22-3-2-12-38(18-22)32(41)21(17-34)16-20-4-5-20/h6-8,11,15,22-23H,2-5,9-10,12-14,18H2,1H3,(H,36,40)(H,37,42)/t22-/m1/s1. The first-order valence-corrected chi connectivity index (χ1v) is 16.1. The van der Waals surface area contributed by atoms with Crippen LogP contribution in [0.15, 0.2) is 47.3 Å². The lowest BCUT2D eigenvalue weighted by atomic mass is 10.0. The van der Waals surface area contributed by atoms with E-state index in [2.05, 4.69) is 21.3 Å². The number of benzene rings is 1. The van der Waals surface area contributed by atoms with Crippen molar-refractivity contribution in [1.29, 1.82) is 5.26 Å². The molecule has 7 rings (SSSR count). The number of piperidine rings is 1. The molecule has 4 amide bonds. The minimum absolute atomic E-state index is 0.0195. The van der Waals surface area contributed by atoms with Gasteiger partial charge < -0.3 is 25.0 Å². The summed E-state index contributed by atoms with van der Waals surface area (Å²) < 4.78 is 11.6. The average molecular weight is 625 g/mol. The molecule has 1 aliphatic carbocycles. The van der Waals surface area contributed by atoms with Gasteiger partial charge in [0.1, 0.15) is 27.6 Å². The number of carbonyl (C=O) groups is 3. The van der Waals surface area contributed by atoms with E-state index in [1.54, 1.807) is 22.1 Å². The topological polar surface area (TPSA) is 137 Å². The summed E-state index contributed by atoms with van der Waals surface area (Å²) in [5, 5.41) is 16.2. The van der Waals surface area contributed by atoms with Crippen LogP contribution in [0.1, 0.15) is 53.8 Å². The number of pyridine rings is 1. The molecule has 0 spiro atoms. The molecule has 1 atom stereocenters. The Hall–Kier alpha value is -4.69. The van der Waals surface area contributed by atoms with E-state index in [0.29, 0.717) is 71.3 Å². The van der Waals surface area contributed by atoms with Crippen molar-refractivity contribution in [1.82, 2.24) is 15.2 Å². The maximum atomic E-state index is 13.6. The number of thiophene rings is 1. The number of aryl methyl sites for hydroxylation is 1. The highest BCUT2D eigenvalue weighted by Crippen LogP contribution is 2.46. The van der Waals surface area contributed by atoms with Gasteiger partial charge in [0.25, 0.3) is 11.8 Å². The molecule has 12 heteroatoms. The number of hydrogen-bond donors (Lipinski definition) is 2. The number of hydrogen-bond acceptors (Lipinski definition) is 8. The van der Waals surface area contributed by atoms with Crippen molar-refractivity contribution in [3.05, 3.63) is 57.8 Å². The lowest BCUT2D eigenvalue weighted by molar-refractivity contribution is -0.128. The van der Waals surface area contributed by atoms with Crippen LogP contribution in [0, 0.1) is 18.3 Å². The highest BCUT2D eigenvalue weighted by molar-refractivity contribution is 7.21. The van der Waals surface area contributed by atoms with Crippen LogP contribution in [0.25, 0.3) is 10.2 Å². The second kappa shape index (κ2) is 12.0. The summed E-state index contributed by atoms with van der Waals surface area (Å²) in [5.41, 5.74) is 6.60.